The van der Waals surface area contributed by atoms with E-state index in [0.29, 0.717) is 28.1 Å². The van der Waals surface area contributed by atoms with Gasteiger partial charge in [0.25, 0.3) is 11.8 Å². The minimum atomic E-state index is -0.220. The van der Waals surface area contributed by atoms with Gasteiger partial charge in [-0.2, -0.15) is 0 Å². The molecule has 0 unspecified atom stereocenters. The van der Waals surface area contributed by atoms with Gasteiger partial charge in [-0.3, -0.25) is 14.5 Å². The van der Waals surface area contributed by atoms with Crippen molar-refractivity contribution in [2.24, 2.45) is 0 Å². The number of likely N-dealkylation sites (N-methyl/N-ethyl adjacent to an activating group) is 1. The van der Waals surface area contributed by atoms with Crippen molar-refractivity contribution >= 4 is 34.2 Å². The van der Waals surface area contributed by atoms with Crippen LogP contribution in [0.25, 0.3) is 10.8 Å². The van der Waals surface area contributed by atoms with Crippen LogP contribution in [0.15, 0.2) is 30.3 Å². The summed E-state index contributed by atoms with van der Waals surface area (Å²) < 4.78 is 0. The van der Waals surface area contributed by atoms with E-state index < -0.39 is 0 Å². The van der Waals surface area contributed by atoms with Crippen LogP contribution in [0.3, 0.4) is 0 Å². The number of hydrogen-bond acceptors (Lipinski definition) is 2. The Hall–Kier alpha value is -1.91. The highest BCUT2D eigenvalue weighted by atomic mass is 35.5. The molecule has 0 aliphatic carbocycles. The standard InChI is InChI=1S/C18H19ClN2O2/c1-3-20(4-2)10-11-21-17(22)13-7-5-6-12-15(19)9-8-14(16(12)13)18(21)23/h5-9H,3-4,10-11H2,1-2H3/p+1. The second-order valence-corrected chi connectivity index (χ2v) is 6.20. The van der Waals surface area contributed by atoms with Crippen LogP contribution < -0.4 is 4.90 Å². The molecule has 1 heterocycles. The van der Waals surface area contributed by atoms with Crippen molar-refractivity contribution in [2.75, 3.05) is 26.2 Å². The van der Waals surface area contributed by atoms with Gasteiger partial charge in [-0.05, 0) is 32.0 Å². The fourth-order valence-electron chi connectivity index (χ4n) is 3.19. The summed E-state index contributed by atoms with van der Waals surface area (Å²) >= 11 is 6.21. The highest BCUT2D eigenvalue weighted by Gasteiger charge is 2.33. The maximum absolute atomic E-state index is 12.8. The molecule has 5 heteroatoms. The number of hydrogen-bond donors (Lipinski definition) is 1. The lowest BCUT2D eigenvalue weighted by Gasteiger charge is -2.28. The van der Waals surface area contributed by atoms with Crippen molar-refractivity contribution in [2.45, 2.75) is 13.8 Å². The van der Waals surface area contributed by atoms with Gasteiger partial charge in [0.1, 0.15) is 0 Å². The highest BCUT2D eigenvalue weighted by Crippen LogP contribution is 2.33. The summed E-state index contributed by atoms with van der Waals surface area (Å²) in [5, 5.41) is 2.01. The number of benzene rings is 2. The van der Waals surface area contributed by atoms with Crippen LogP contribution in [0.2, 0.25) is 5.02 Å². The first-order chi connectivity index (χ1) is 11.1. The third-order valence-electron chi connectivity index (χ3n) is 4.63. The zero-order valence-corrected chi connectivity index (χ0v) is 14.1. The number of imide groups is 1. The van der Waals surface area contributed by atoms with Gasteiger partial charge in [0.15, 0.2) is 0 Å². The second-order valence-electron chi connectivity index (χ2n) is 5.79. The molecular weight excluding hydrogens is 312 g/mol. The first kappa shape index (κ1) is 16.0. The van der Waals surface area contributed by atoms with E-state index in [9.17, 15) is 9.59 Å². The number of nitrogens with zero attached hydrogens (tertiary/aromatic N) is 1. The van der Waals surface area contributed by atoms with E-state index in [0.717, 1.165) is 25.0 Å². The molecular formula is C18H20ClN2O2+. The average molecular weight is 332 g/mol. The molecule has 0 bridgehead atoms. The third-order valence-corrected chi connectivity index (χ3v) is 4.96. The van der Waals surface area contributed by atoms with Gasteiger partial charge in [0, 0.05) is 26.9 Å². The Balaban J connectivity index is 2.01. The number of carbonyl (C=O) groups excluding carboxylic acids is 2. The topological polar surface area (TPSA) is 41.8 Å². The maximum atomic E-state index is 12.8. The summed E-state index contributed by atoms with van der Waals surface area (Å²) in [4.78, 5) is 28.3. The number of nitrogens with one attached hydrogen (secondary N) is 1. The number of carbonyl (C=O) groups is 2. The normalized spacial score (nSPS) is 14.2. The van der Waals surface area contributed by atoms with E-state index >= 15 is 0 Å². The summed E-state index contributed by atoms with van der Waals surface area (Å²) in [6.45, 7) is 7.38. The van der Waals surface area contributed by atoms with Crippen LogP contribution in [0, 0.1) is 0 Å². The number of halogens is 1. The Labute approximate surface area is 140 Å². The van der Waals surface area contributed by atoms with Crippen molar-refractivity contribution in [1.29, 1.82) is 0 Å². The maximum Gasteiger partial charge on any atom is 0.261 e. The summed E-state index contributed by atoms with van der Waals surface area (Å²) in [6.07, 6.45) is 0. The Bertz CT molecular complexity index is 762. The number of rotatable bonds is 5. The summed E-state index contributed by atoms with van der Waals surface area (Å²) in [5.74, 6) is -0.441. The molecule has 0 spiro atoms. The molecule has 2 amide bonds. The molecule has 120 valence electrons. The quantitative estimate of drug-likeness (QED) is 0.852. The van der Waals surface area contributed by atoms with Crippen molar-refractivity contribution < 1.29 is 14.5 Å². The van der Waals surface area contributed by atoms with Gasteiger partial charge < -0.3 is 4.90 Å². The molecule has 1 aliphatic rings. The van der Waals surface area contributed by atoms with Gasteiger partial charge in [0.2, 0.25) is 0 Å². The van der Waals surface area contributed by atoms with Crippen molar-refractivity contribution in [3.63, 3.8) is 0 Å². The fourth-order valence-corrected chi connectivity index (χ4v) is 3.41. The molecule has 2 aromatic rings. The Morgan fingerprint density at radius 2 is 1.65 bits per heavy atom. The first-order valence-corrected chi connectivity index (χ1v) is 8.37. The summed E-state index contributed by atoms with van der Waals surface area (Å²) in [5.41, 5.74) is 1.13. The van der Waals surface area contributed by atoms with Crippen molar-refractivity contribution in [3.05, 3.63) is 46.5 Å². The molecule has 0 fully saturated rings. The molecule has 0 saturated carbocycles. The van der Waals surface area contributed by atoms with Crippen LogP contribution in [-0.4, -0.2) is 42.9 Å². The van der Waals surface area contributed by atoms with E-state index in [2.05, 4.69) is 13.8 Å². The average Bonchev–Trinajstić information content (AvgIpc) is 2.57. The minimum Gasteiger partial charge on any atom is -0.334 e. The number of amides is 2. The zero-order valence-electron chi connectivity index (χ0n) is 13.4. The van der Waals surface area contributed by atoms with Crippen LogP contribution in [0.5, 0.6) is 0 Å². The van der Waals surface area contributed by atoms with E-state index in [1.54, 1.807) is 18.2 Å². The molecule has 0 radical (unpaired) electrons. The summed E-state index contributed by atoms with van der Waals surface area (Å²) in [7, 11) is 0. The Morgan fingerprint density at radius 1 is 1.00 bits per heavy atom. The molecule has 0 saturated heterocycles. The van der Waals surface area contributed by atoms with E-state index in [1.165, 1.54) is 9.80 Å². The Kier molecular flexibility index (Phi) is 4.37. The second kappa shape index (κ2) is 6.30. The first-order valence-electron chi connectivity index (χ1n) is 7.99. The van der Waals surface area contributed by atoms with Gasteiger partial charge in [0.05, 0.1) is 26.2 Å². The molecule has 1 N–H and O–H groups in total. The Morgan fingerprint density at radius 3 is 2.30 bits per heavy atom. The van der Waals surface area contributed by atoms with Crippen LogP contribution in [0.1, 0.15) is 34.6 Å². The summed E-state index contributed by atoms with van der Waals surface area (Å²) in [6, 6.07) is 8.88. The number of quaternary nitrogens is 1. The molecule has 1 aliphatic heterocycles. The molecule has 23 heavy (non-hydrogen) atoms. The van der Waals surface area contributed by atoms with Gasteiger partial charge in [-0.1, -0.05) is 23.7 Å². The predicted molar refractivity (Wildman–Crippen MR) is 91.2 cm³/mol. The monoisotopic (exact) mass is 331 g/mol. The zero-order chi connectivity index (χ0) is 16.6. The molecule has 2 aromatic carbocycles. The van der Waals surface area contributed by atoms with Gasteiger partial charge >= 0.3 is 0 Å². The molecule has 0 atom stereocenters. The van der Waals surface area contributed by atoms with E-state index in [4.69, 9.17) is 11.6 Å². The molecule has 0 aromatic heterocycles. The van der Waals surface area contributed by atoms with Gasteiger partial charge in [-0.15, -0.1) is 0 Å². The van der Waals surface area contributed by atoms with Crippen molar-refractivity contribution in [3.8, 4) is 0 Å². The lowest BCUT2D eigenvalue weighted by Crippen LogP contribution is -3.12. The predicted octanol–water partition coefficient (Wildman–Crippen LogP) is 2.01. The lowest BCUT2D eigenvalue weighted by atomic mass is 9.94. The van der Waals surface area contributed by atoms with Crippen LogP contribution in [-0.2, 0) is 0 Å². The molecule has 4 nitrogen and oxygen atoms in total. The largest absolute Gasteiger partial charge is 0.334 e. The van der Waals surface area contributed by atoms with Crippen LogP contribution >= 0.6 is 11.6 Å². The van der Waals surface area contributed by atoms with Crippen LogP contribution in [0.4, 0.5) is 0 Å². The molecule has 3 rings (SSSR count). The lowest BCUT2D eigenvalue weighted by molar-refractivity contribution is -0.895. The van der Waals surface area contributed by atoms with E-state index in [1.807, 2.05) is 12.1 Å². The minimum absolute atomic E-state index is 0.220. The highest BCUT2D eigenvalue weighted by molar-refractivity contribution is 6.38. The SMILES string of the molecule is CC[NH+](CC)CCN1C(=O)c2cccc3c(Cl)ccc(c23)C1=O. The van der Waals surface area contributed by atoms with Crippen molar-refractivity contribution in [1.82, 2.24) is 4.90 Å². The van der Waals surface area contributed by atoms with E-state index in [-0.39, 0.29) is 11.8 Å². The van der Waals surface area contributed by atoms with Gasteiger partial charge in [-0.25, -0.2) is 0 Å². The smallest absolute Gasteiger partial charge is 0.261 e. The fraction of sp³-hybridized carbons (Fsp3) is 0.333. The third kappa shape index (κ3) is 2.62.